The molecule has 0 amide bonds. The zero-order chi connectivity index (χ0) is 13.0. The van der Waals surface area contributed by atoms with Gasteiger partial charge in [0.25, 0.3) is 0 Å². The van der Waals surface area contributed by atoms with Crippen molar-refractivity contribution in [3.8, 4) is 5.88 Å². The molecule has 3 nitrogen and oxygen atoms in total. The molecule has 1 heterocycles. The number of nitrogens with zero attached hydrogens (tertiary/aromatic N) is 1. The first-order valence-corrected chi connectivity index (χ1v) is 6.00. The van der Waals surface area contributed by atoms with E-state index in [0.717, 1.165) is 17.5 Å². The van der Waals surface area contributed by atoms with Gasteiger partial charge in [0.05, 0.1) is 7.11 Å². The van der Waals surface area contributed by atoms with Crippen LogP contribution in [0.2, 0.25) is 0 Å². The Morgan fingerprint density at radius 3 is 2.72 bits per heavy atom. The average molecular weight is 242 g/mol. The maximum atomic E-state index is 6.21. The van der Waals surface area contributed by atoms with Crippen LogP contribution in [0.25, 0.3) is 0 Å². The first-order valence-electron chi connectivity index (χ1n) is 6.00. The standard InChI is InChI=1S/C15H18N2O/c1-11-4-3-5-13(8-11)14(16)9-12-6-7-15(18-2)17-10-12/h3-8,10,14H,9,16H2,1-2H3. The summed E-state index contributed by atoms with van der Waals surface area (Å²) < 4.78 is 5.03. The lowest BCUT2D eigenvalue weighted by atomic mass is 9.99. The third kappa shape index (κ3) is 3.08. The minimum Gasteiger partial charge on any atom is -0.481 e. The Balaban J connectivity index is 2.08. The van der Waals surface area contributed by atoms with Crippen LogP contribution in [-0.4, -0.2) is 12.1 Å². The predicted octanol–water partition coefficient (Wildman–Crippen LogP) is 2.64. The van der Waals surface area contributed by atoms with Crippen LogP contribution in [0, 0.1) is 6.92 Å². The van der Waals surface area contributed by atoms with Gasteiger partial charge in [0, 0.05) is 18.3 Å². The van der Waals surface area contributed by atoms with Gasteiger partial charge in [0.15, 0.2) is 0 Å². The molecule has 1 aromatic heterocycles. The quantitative estimate of drug-likeness (QED) is 0.896. The first-order chi connectivity index (χ1) is 8.69. The van der Waals surface area contributed by atoms with Gasteiger partial charge in [0.1, 0.15) is 0 Å². The zero-order valence-electron chi connectivity index (χ0n) is 10.8. The van der Waals surface area contributed by atoms with Gasteiger partial charge in [-0.25, -0.2) is 4.98 Å². The van der Waals surface area contributed by atoms with Crippen LogP contribution >= 0.6 is 0 Å². The number of ether oxygens (including phenoxy) is 1. The summed E-state index contributed by atoms with van der Waals surface area (Å²) in [5.41, 5.74) is 9.71. The topological polar surface area (TPSA) is 48.1 Å². The number of hydrogen-bond acceptors (Lipinski definition) is 3. The van der Waals surface area contributed by atoms with E-state index >= 15 is 0 Å². The molecule has 0 saturated carbocycles. The minimum absolute atomic E-state index is 0.0000879. The van der Waals surface area contributed by atoms with E-state index in [4.69, 9.17) is 10.5 Å². The minimum atomic E-state index is 0.0000879. The number of nitrogens with two attached hydrogens (primary N) is 1. The van der Waals surface area contributed by atoms with Crippen LogP contribution in [-0.2, 0) is 6.42 Å². The van der Waals surface area contributed by atoms with Crippen molar-refractivity contribution in [2.75, 3.05) is 7.11 Å². The fraction of sp³-hybridized carbons (Fsp3) is 0.267. The summed E-state index contributed by atoms with van der Waals surface area (Å²) in [6.45, 7) is 2.07. The van der Waals surface area contributed by atoms with Crippen molar-refractivity contribution >= 4 is 0 Å². The average Bonchev–Trinajstić information content (AvgIpc) is 2.39. The van der Waals surface area contributed by atoms with Gasteiger partial charge in [-0.05, 0) is 24.5 Å². The van der Waals surface area contributed by atoms with Gasteiger partial charge in [-0.15, -0.1) is 0 Å². The molecule has 0 aliphatic heterocycles. The molecule has 2 aromatic rings. The summed E-state index contributed by atoms with van der Waals surface area (Å²) in [7, 11) is 1.61. The molecular formula is C15H18N2O. The normalized spacial score (nSPS) is 12.2. The molecule has 94 valence electrons. The molecule has 0 saturated heterocycles. The SMILES string of the molecule is COc1ccc(CC(N)c2cccc(C)c2)cn1. The predicted molar refractivity (Wildman–Crippen MR) is 72.6 cm³/mol. The van der Waals surface area contributed by atoms with Gasteiger partial charge in [-0.2, -0.15) is 0 Å². The molecule has 2 N–H and O–H groups in total. The molecule has 0 fully saturated rings. The van der Waals surface area contributed by atoms with Crippen LogP contribution in [0.4, 0.5) is 0 Å². The number of aryl methyl sites for hydroxylation is 1. The number of methoxy groups -OCH3 is 1. The van der Waals surface area contributed by atoms with Gasteiger partial charge in [-0.1, -0.05) is 35.9 Å². The first kappa shape index (κ1) is 12.6. The van der Waals surface area contributed by atoms with E-state index in [9.17, 15) is 0 Å². The Bertz CT molecular complexity index is 508. The highest BCUT2D eigenvalue weighted by atomic mass is 16.5. The van der Waals surface area contributed by atoms with Crippen LogP contribution in [0.15, 0.2) is 42.6 Å². The van der Waals surface area contributed by atoms with E-state index in [1.165, 1.54) is 5.56 Å². The smallest absolute Gasteiger partial charge is 0.212 e. The number of benzene rings is 1. The summed E-state index contributed by atoms with van der Waals surface area (Å²) >= 11 is 0. The van der Waals surface area contributed by atoms with E-state index in [1.54, 1.807) is 7.11 Å². The highest BCUT2D eigenvalue weighted by molar-refractivity contribution is 5.27. The molecule has 0 spiro atoms. The molecule has 0 aliphatic carbocycles. The molecule has 2 rings (SSSR count). The Hall–Kier alpha value is -1.87. The maximum Gasteiger partial charge on any atom is 0.212 e. The molecule has 0 radical (unpaired) electrons. The largest absolute Gasteiger partial charge is 0.481 e. The second-order valence-electron chi connectivity index (χ2n) is 4.43. The summed E-state index contributed by atoms with van der Waals surface area (Å²) in [5.74, 6) is 0.628. The Morgan fingerprint density at radius 2 is 2.11 bits per heavy atom. The molecule has 1 unspecified atom stereocenters. The van der Waals surface area contributed by atoms with Crippen molar-refractivity contribution in [2.24, 2.45) is 5.73 Å². The number of hydrogen-bond donors (Lipinski definition) is 1. The van der Waals surface area contributed by atoms with Crippen LogP contribution in [0.3, 0.4) is 0 Å². The number of rotatable bonds is 4. The van der Waals surface area contributed by atoms with E-state index in [1.807, 2.05) is 24.4 Å². The lowest BCUT2D eigenvalue weighted by Crippen LogP contribution is -2.13. The zero-order valence-corrected chi connectivity index (χ0v) is 10.8. The van der Waals surface area contributed by atoms with Crippen molar-refractivity contribution in [1.82, 2.24) is 4.98 Å². The molecule has 1 atom stereocenters. The summed E-state index contributed by atoms with van der Waals surface area (Å²) in [6, 6.07) is 12.2. The lowest BCUT2D eigenvalue weighted by Gasteiger charge is -2.12. The molecule has 0 bridgehead atoms. The van der Waals surface area contributed by atoms with Crippen molar-refractivity contribution < 1.29 is 4.74 Å². The second kappa shape index (κ2) is 5.65. The van der Waals surface area contributed by atoms with Crippen LogP contribution in [0.1, 0.15) is 22.7 Å². The highest BCUT2D eigenvalue weighted by Crippen LogP contribution is 2.17. The maximum absolute atomic E-state index is 6.21. The third-order valence-electron chi connectivity index (χ3n) is 2.93. The number of pyridine rings is 1. The van der Waals surface area contributed by atoms with Gasteiger partial charge in [-0.3, -0.25) is 0 Å². The van der Waals surface area contributed by atoms with E-state index < -0.39 is 0 Å². The summed E-state index contributed by atoms with van der Waals surface area (Å²) in [5, 5.41) is 0. The Kier molecular flexibility index (Phi) is 3.95. The molecule has 0 aliphatic rings. The highest BCUT2D eigenvalue weighted by Gasteiger charge is 2.07. The lowest BCUT2D eigenvalue weighted by molar-refractivity contribution is 0.397. The fourth-order valence-electron chi connectivity index (χ4n) is 1.92. The fourth-order valence-corrected chi connectivity index (χ4v) is 1.92. The second-order valence-corrected chi connectivity index (χ2v) is 4.43. The Labute approximate surface area is 108 Å². The van der Waals surface area contributed by atoms with Gasteiger partial charge < -0.3 is 10.5 Å². The van der Waals surface area contributed by atoms with Crippen LogP contribution in [0.5, 0.6) is 5.88 Å². The van der Waals surface area contributed by atoms with E-state index in [2.05, 4.69) is 30.1 Å². The molecular weight excluding hydrogens is 224 g/mol. The van der Waals surface area contributed by atoms with Gasteiger partial charge >= 0.3 is 0 Å². The van der Waals surface area contributed by atoms with E-state index in [-0.39, 0.29) is 6.04 Å². The van der Waals surface area contributed by atoms with Crippen molar-refractivity contribution in [1.29, 1.82) is 0 Å². The van der Waals surface area contributed by atoms with Crippen LogP contribution < -0.4 is 10.5 Å². The molecule has 3 heteroatoms. The van der Waals surface area contributed by atoms with Crippen molar-refractivity contribution in [2.45, 2.75) is 19.4 Å². The monoisotopic (exact) mass is 242 g/mol. The van der Waals surface area contributed by atoms with Crippen molar-refractivity contribution in [3.05, 3.63) is 59.3 Å². The summed E-state index contributed by atoms with van der Waals surface area (Å²) in [4.78, 5) is 4.18. The third-order valence-corrected chi connectivity index (χ3v) is 2.93. The molecule has 1 aromatic carbocycles. The summed E-state index contributed by atoms with van der Waals surface area (Å²) in [6.07, 6.45) is 2.59. The van der Waals surface area contributed by atoms with Gasteiger partial charge in [0.2, 0.25) is 5.88 Å². The van der Waals surface area contributed by atoms with Crippen molar-refractivity contribution in [3.63, 3.8) is 0 Å². The Morgan fingerprint density at radius 1 is 1.28 bits per heavy atom. The number of aromatic nitrogens is 1. The van der Waals surface area contributed by atoms with E-state index in [0.29, 0.717) is 5.88 Å². The molecule has 18 heavy (non-hydrogen) atoms.